The Hall–Kier alpha value is -3.19. The van der Waals surface area contributed by atoms with Gasteiger partial charge < -0.3 is 14.2 Å². The lowest BCUT2D eigenvalue weighted by Crippen LogP contribution is -2.51. The summed E-state index contributed by atoms with van der Waals surface area (Å²) in [5, 5.41) is 0.944. The smallest absolute Gasteiger partial charge is 0.260 e. The van der Waals surface area contributed by atoms with Crippen LogP contribution in [0.3, 0.4) is 0 Å². The molecule has 186 valence electrons. The van der Waals surface area contributed by atoms with Crippen molar-refractivity contribution in [1.82, 2.24) is 14.4 Å². The summed E-state index contributed by atoms with van der Waals surface area (Å²) in [5.74, 6) is 0.309. The third-order valence-corrected chi connectivity index (χ3v) is 6.73. The van der Waals surface area contributed by atoms with Crippen molar-refractivity contribution < 1.29 is 13.9 Å². The molecule has 1 aliphatic heterocycles. The number of carbonyl (C=O) groups is 1. The second-order valence-corrected chi connectivity index (χ2v) is 9.79. The lowest BCUT2D eigenvalue weighted by molar-refractivity contribution is -0.135. The number of hydrogen-bond acceptors (Lipinski definition) is 4. The van der Waals surface area contributed by atoms with Crippen LogP contribution in [0.1, 0.15) is 44.7 Å². The first-order chi connectivity index (χ1) is 16.7. The van der Waals surface area contributed by atoms with Crippen LogP contribution in [0, 0.1) is 5.82 Å². The number of piperazine rings is 1. The highest BCUT2D eigenvalue weighted by Gasteiger charge is 2.23. The first kappa shape index (κ1) is 24.9. The summed E-state index contributed by atoms with van der Waals surface area (Å²) in [6, 6.07) is 14.0. The largest absolute Gasteiger partial charge is 0.484 e. The minimum atomic E-state index is -0.338. The fraction of sp³-hybridized carbons (Fsp3) is 0.429. The third kappa shape index (κ3) is 5.73. The van der Waals surface area contributed by atoms with E-state index >= 15 is 0 Å². The molecule has 35 heavy (non-hydrogen) atoms. The molecule has 0 bridgehead atoms. The highest BCUT2D eigenvalue weighted by atomic mass is 19.1. The molecule has 1 fully saturated rings. The summed E-state index contributed by atoms with van der Waals surface area (Å²) in [6.07, 6.45) is 0. The van der Waals surface area contributed by atoms with E-state index in [4.69, 9.17) is 4.74 Å². The maximum atomic E-state index is 13.8. The Morgan fingerprint density at radius 3 is 2.40 bits per heavy atom. The first-order valence-electron chi connectivity index (χ1n) is 12.3. The summed E-state index contributed by atoms with van der Waals surface area (Å²) >= 11 is 0. The third-order valence-electron chi connectivity index (χ3n) is 6.73. The molecule has 1 saturated heterocycles. The summed E-state index contributed by atoms with van der Waals surface area (Å²) in [7, 11) is 0. The van der Waals surface area contributed by atoms with Gasteiger partial charge in [0, 0.05) is 49.7 Å². The number of ether oxygens (including phenoxy) is 1. The topological polar surface area (TPSA) is 54.8 Å². The van der Waals surface area contributed by atoms with Crippen molar-refractivity contribution >= 4 is 16.8 Å². The summed E-state index contributed by atoms with van der Waals surface area (Å²) in [5.41, 5.74) is 2.21. The molecule has 0 unspecified atom stereocenters. The monoisotopic (exact) mass is 479 g/mol. The molecule has 0 atom stereocenters. The minimum Gasteiger partial charge on any atom is -0.484 e. The number of fused-ring (bicyclic) bond motifs is 1. The van der Waals surface area contributed by atoms with Crippen molar-refractivity contribution in [3.63, 3.8) is 0 Å². The maximum Gasteiger partial charge on any atom is 0.260 e. The molecule has 6 nitrogen and oxygen atoms in total. The summed E-state index contributed by atoms with van der Waals surface area (Å²) in [6.45, 7) is 11.7. The molecule has 2 aromatic carbocycles. The molecule has 1 aromatic heterocycles. The van der Waals surface area contributed by atoms with Crippen molar-refractivity contribution in [1.29, 1.82) is 0 Å². The van der Waals surface area contributed by atoms with E-state index in [1.54, 1.807) is 22.8 Å². The van der Waals surface area contributed by atoms with Gasteiger partial charge in [0.25, 0.3) is 11.5 Å². The van der Waals surface area contributed by atoms with Crippen LogP contribution < -0.4 is 10.3 Å². The summed E-state index contributed by atoms with van der Waals surface area (Å²) < 4.78 is 21.3. The number of nitrogens with zero attached hydrogens (tertiary/aromatic N) is 3. The number of rotatable bonds is 7. The number of carbonyl (C=O) groups excluding carboxylic acids is 1. The van der Waals surface area contributed by atoms with Gasteiger partial charge in [-0.05, 0) is 55.2 Å². The number of benzene rings is 2. The van der Waals surface area contributed by atoms with E-state index in [0.717, 1.165) is 24.0 Å². The van der Waals surface area contributed by atoms with E-state index in [-0.39, 0.29) is 36.4 Å². The van der Waals surface area contributed by atoms with Crippen LogP contribution in [0.5, 0.6) is 5.75 Å². The molecular weight excluding hydrogens is 445 g/mol. The Morgan fingerprint density at radius 1 is 1.00 bits per heavy atom. The highest BCUT2D eigenvalue weighted by molar-refractivity contribution is 5.85. The molecule has 4 rings (SSSR count). The molecule has 1 aliphatic rings. The van der Waals surface area contributed by atoms with Crippen LogP contribution in [0.25, 0.3) is 10.9 Å². The van der Waals surface area contributed by atoms with Crippen LogP contribution in [-0.4, -0.2) is 59.1 Å². The van der Waals surface area contributed by atoms with Gasteiger partial charge >= 0.3 is 0 Å². The van der Waals surface area contributed by atoms with Crippen LogP contribution in [0.15, 0.2) is 53.3 Å². The number of halogens is 1. The average molecular weight is 480 g/mol. The molecule has 3 aromatic rings. The zero-order valence-corrected chi connectivity index (χ0v) is 21.0. The average Bonchev–Trinajstić information content (AvgIpc) is 2.84. The molecule has 1 amide bonds. The standard InChI is InChI=1S/C28H34FN3O3/c1-19(2)25-16-27(33)32(17-21-6-5-7-22(29)14-21)26-15-23(8-9-24(25)26)35-18-28(34)31-12-10-30(11-13-31)20(3)4/h5-9,14-16,19-20H,10-13,17-18H2,1-4H3. The lowest BCUT2D eigenvalue weighted by Gasteiger charge is -2.36. The number of amides is 1. The van der Waals surface area contributed by atoms with Crippen molar-refractivity contribution in [3.8, 4) is 5.75 Å². The Morgan fingerprint density at radius 2 is 1.74 bits per heavy atom. The van der Waals surface area contributed by atoms with Crippen molar-refractivity contribution in [2.24, 2.45) is 0 Å². The molecule has 0 spiro atoms. The molecule has 0 N–H and O–H groups in total. The van der Waals surface area contributed by atoms with Crippen LogP contribution >= 0.6 is 0 Å². The van der Waals surface area contributed by atoms with Gasteiger partial charge in [-0.25, -0.2) is 4.39 Å². The highest BCUT2D eigenvalue weighted by Crippen LogP contribution is 2.28. The fourth-order valence-corrected chi connectivity index (χ4v) is 4.66. The van der Waals surface area contributed by atoms with Gasteiger partial charge in [-0.2, -0.15) is 0 Å². The molecule has 0 radical (unpaired) electrons. The molecule has 7 heteroatoms. The molecule has 0 aliphatic carbocycles. The lowest BCUT2D eigenvalue weighted by atomic mass is 9.98. The van der Waals surface area contributed by atoms with Gasteiger partial charge in [-0.1, -0.05) is 26.0 Å². The number of aromatic nitrogens is 1. The Balaban J connectivity index is 1.58. The van der Waals surface area contributed by atoms with Gasteiger partial charge in [-0.3, -0.25) is 14.5 Å². The van der Waals surface area contributed by atoms with Gasteiger partial charge in [-0.15, -0.1) is 0 Å². The fourth-order valence-electron chi connectivity index (χ4n) is 4.66. The van der Waals surface area contributed by atoms with E-state index < -0.39 is 0 Å². The van der Waals surface area contributed by atoms with Gasteiger partial charge in [0.05, 0.1) is 12.1 Å². The number of hydrogen-bond donors (Lipinski definition) is 0. The zero-order chi connectivity index (χ0) is 25.1. The predicted molar refractivity (Wildman–Crippen MR) is 137 cm³/mol. The second-order valence-electron chi connectivity index (χ2n) is 9.79. The zero-order valence-electron chi connectivity index (χ0n) is 21.0. The van der Waals surface area contributed by atoms with Gasteiger partial charge in [0.1, 0.15) is 11.6 Å². The normalized spacial score (nSPS) is 14.8. The second kappa shape index (κ2) is 10.6. The van der Waals surface area contributed by atoms with Gasteiger partial charge in [0.2, 0.25) is 0 Å². The SMILES string of the molecule is CC(C)c1cc(=O)n(Cc2cccc(F)c2)c2cc(OCC(=O)N3CCN(C(C)C)CC3)ccc12. The predicted octanol–water partition coefficient (Wildman–Crippen LogP) is 4.24. The van der Waals surface area contributed by atoms with Crippen molar-refractivity contribution in [3.05, 3.63) is 75.8 Å². The maximum absolute atomic E-state index is 13.8. The van der Waals surface area contributed by atoms with Crippen LogP contribution in [0.2, 0.25) is 0 Å². The number of pyridine rings is 1. The van der Waals surface area contributed by atoms with Crippen LogP contribution in [0.4, 0.5) is 4.39 Å². The molecule has 0 saturated carbocycles. The minimum absolute atomic E-state index is 0.0402. The molecule has 2 heterocycles. The Bertz CT molecular complexity index is 1260. The quantitative estimate of drug-likeness (QED) is 0.509. The van der Waals surface area contributed by atoms with Crippen molar-refractivity contribution in [2.45, 2.75) is 46.2 Å². The first-order valence-corrected chi connectivity index (χ1v) is 12.3. The van der Waals surface area contributed by atoms with E-state index in [9.17, 15) is 14.0 Å². The van der Waals surface area contributed by atoms with E-state index in [0.29, 0.717) is 36.0 Å². The Kier molecular flexibility index (Phi) is 7.55. The van der Waals surface area contributed by atoms with Crippen molar-refractivity contribution in [2.75, 3.05) is 32.8 Å². The summed E-state index contributed by atoms with van der Waals surface area (Å²) in [4.78, 5) is 30.0. The Labute approximate surface area is 205 Å². The van der Waals surface area contributed by atoms with E-state index in [1.807, 2.05) is 36.9 Å². The molecular formula is C28H34FN3O3. The van der Waals surface area contributed by atoms with E-state index in [2.05, 4.69) is 18.7 Å². The van der Waals surface area contributed by atoms with E-state index in [1.165, 1.54) is 12.1 Å². The van der Waals surface area contributed by atoms with Crippen LogP contribution in [-0.2, 0) is 11.3 Å². The van der Waals surface area contributed by atoms with Gasteiger partial charge in [0.15, 0.2) is 6.61 Å².